The molecule has 0 saturated carbocycles. The molecule has 36 heavy (non-hydrogen) atoms. The summed E-state index contributed by atoms with van der Waals surface area (Å²) in [6.07, 6.45) is 8.50. The summed E-state index contributed by atoms with van der Waals surface area (Å²) < 4.78 is 3.73. The molecule has 182 valence electrons. The van der Waals surface area contributed by atoms with Gasteiger partial charge in [0.25, 0.3) is 0 Å². The molecule has 3 aromatic heterocycles. The minimum atomic E-state index is -0.00361. The molecule has 0 unspecified atom stereocenters. The molecule has 8 heteroatoms. The molecular weight excluding hydrogens is 450 g/mol. The van der Waals surface area contributed by atoms with E-state index in [1.165, 1.54) is 0 Å². The second-order valence-electron chi connectivity index (χ2n) is 9.06. The Morgan fingerprint density at radius 2 is 1.75 bits per heavy atom. The van der Waals surface area contributed by atoms with E-state index in [0.29, 0.717) is 12.4 Å². The van der Waals surface area contributed by atoms with Crippen LogP contribution in [-0.4, -0.2) is 34.7 Å². The van der Waals surface area contributed by atoms with E-state index >= 15 is 0 Å². The number of nitrogens with zero attached hydrogens (tertiary/aromatic N) is 6. The number of para-hydroxylation sites is 1. The maximum absolute atomic E-state index is 13.6. The van der Waals surface area contributed by atoms with Crippen LogP contribution in [-0.2, 0) is 13.0 Å². The molecule has 0 aliphatic heterocycles. The highest BCUT2D eigenvalue weighted by molar-refractivity contribution is 5.79. The van der Waals surface area contributed by atoms with Gasteiger partial charge in [0.15, 0.2) is 0 Å². The van der Waals surface area contributed by atoms with Crippen molar-refractivity contribution in [1.29, 1.82) is 0 Å². The van der Waals surface area contributed by atoms with Crippen molar-refractivity contribution in [1.82, 2.24) is 34.7 Å². The molecular formula is C28H29N7O. The smallest absolute Gasteiger partial charge is 0.292 e. The first kappa shape index (κ1) is 23.4. The fourth-order valence-corrected chi connectivity index (χ4v) is 4.67. The predicted molar refractivity (Wildman–Crippen MR) is 140 cm³/mol. The number of H-pyrrole nitrogens is 1. The molecule has 1 N–H and O–H groups in total. The Kier molecular flexibility index (Phi) is 6.58. The minimum Gasteiger partial charge on any atom is -0.292 e. The summed E-state index contributed by atoms with van der Waals surface area (Å²) in [6, 6.07) is 16.4. The lowest BCUT2D eigenvalue weighted by Crippen LogP contribution is -2.25. The number of hydrogen-bond donors (Lipinski definition) is 1. The van der Waals surface area contributed by atoms with E-state index in [1.54, 1.807) is 12.4 Å². The highest BCUT2D eigenvalue weighted by Gasteiger charge is 2.16. The van der Waals surface area contributed by atoms with Crippen LogP contribution < -0.4 is 5.69 Å². The Hall–Kier alpha value is -4.33. The number of benzene rings is 2. The highest BCUT2D eigenvalue weighted by atomic mass is 16.1. The van der Waals surface area contributed by atoms with Crippen LogP contribution in [0.5, 0.6) is 0 Å². The predicted octanol–water partition coefficient (Wildman–Crippen LogP) is 4.89. The van der Waals surface area contributed by atoms with Gasteiger partial charge in [0.1, 0.15) is 0 Å². The molecule has 5 aromatic rings. The summed E-state index contributed by atoms with van der Waals surface area (Å²) in [5.41, 5.74) is 8.08. The Labute approximate surface area is 209 Å². The first-order valence-electron chi connectivity index (χ1n) is 12.2. The van der Waals surface area contributed by atoms with Gasteiger partial charge in [-0.2, -0.15) is 5.21 Å². The van der Waals surface area contributed by atoms with Gasteiger partial charge in [0.2, 0.25) is 5.82 Å². The standard InChI is InChI=1S/C28H29N7O/c1-4-5-9-23-18-35(26-19(2)7-6-8-20(26)3)28(36)34(23)17-21-10-12-22(13-11-21)24-14-15-29-16-25(24)27-30-32-33-31-27/h6-8,10-16,18H,4-5,9,17H2,1-3H3,(H,30,31,32,33). The quantitative estimate of drug-likeness (QED) is 0.342. The monoisotopic (exact) mass is 479 g/mol. The van der Waals surface area contributed by atoms with Crippen molar-refractivity contribution in [2.45, 2.75) is 46.6 Å². The van der Waals surface area contributed by atoms with E-state index < -0.39 is 0 Å². The second-order valence-corrected chi connectivity index (χ2v) is 9.06. The third-order valence-corrected chi connectivity index (χ3v) is 6.54. The third-order valence-electron chi connectivity index (χ3n) is 6.54. The highest BCUT2D eigenvalue weighted by Crippen LogP contribution is 2.29. The molecule has 0 aliphatic carbocycles. The number of pyridine rings is 1. The van der Waals surface area contributed by atoms with Crippen LogP contribution in [0.25, 0.3) is 28.2 Å². The number of rotatable bonds is 8. The van der Waals surface area contributed by atoms with Crippen molar-refractivity contribution < 1.29 is 0 Å². The van der Waals surface area contributed by atoms with Crippen LogP contribution in [0.3, 0.4) is 0 Å². The van der Waals surface area contributed by atoms with Crippen LogP contribution in [0.4, 0.5) is 0 Å². The third kappa shape index (κ3) is 4.49. The summed E-state index contributed by atoms with van der Waals surface area (Å²) >= 11 is 0. The Bertz CT molecular complexity index is 1510. The van der Waals surface area contributed by atoms with Gasteiger partial charge >= 0.3 is 5.69 Å². The maximum atomic E-state index is 13.6. The number of aryl methyl sites for hydroxylation is 3. The number of nitrogens with one attached hydrogen (secondary N) is 1. The van der Waals surface area contributed by atoms with Crippen LogP contribution in [0.15, 0.2) is 71.9 Å². The van der Waals surface area contributed by atoms with Crippen molar-refractivity contribution in [2.75, 3.05) is 0 Å². The van der Waals surface area contributed by atoms with Gasteiger partial charge < -0.3 is 0 Å². The Morgan fingerprint density at radius 3 is 2.44 bits per heavy atom. The fraction of sp³-hybridized carbons (Fsp3) is 0.250. The van der Waals surface area contributed by atoms with E-state index in [9.17, 15) is 4.79 Å². The minimum absolute atomic E-state index is 0.00361. The van der Waals surface area contributed by atoms with E-state index in [-0.39, 0.29) is 5.69 Å². The van der Waals surface area contributed by atoms with Crippen LogP contribution in [0.1, 0.15) is 42.1 Å². The summed E-state index contributed by atoms with van der Waals surface area (Å²) in [5.74, 6) is 0.502. The van der Waals surface area contributed by atoms with Crippen molar-refractivity contribution in [3.63, 3.8) is 0 Å². The number of aromatic nitrogens is 7. The number of aromatic amines is 1. The molecule has 0 spiro atoms. The number of tetrazole rings is 1. The molecule has 0 saturated heterocycles. The molecule has 0 bridgehead atoms. The summed E-state index contributed by atoms with van der Waals surface area (Å²) in [6.45, 7) is 6.80. The zero-order valence-corrected chi connectivity index (χ0v) is 20.8. The van der Waals surface area contributed by atoms with Gasteiger partial charge in [-0.05, 0) is 65.8 Å². The van der Waals surface area contributed by atoms with E-state index in [4.69, 9.17) is 0 Å². The van der Waals surface area contributed by atoms with E-state index in [0.717, 1.165) is 64.0 Å². The first-order valence-corrected chi connectivity index (χ1v) is 12.2. The molecule has 2 aromatic carbocycles. The van der Waals surface area contributed by atoms with E-state index in [2.05, 4.69) is 82.8 Å². The van der Waals surface area contributed by atoms with Gasteiger partial charge in [-0.25, -0.2) is 4.79 Å². The van der Waals surface area contributed by atoms with Gasteiger partial charge in [-0.1, -0.05) is 55.8 Å². The number of imidazole rings is 1. The van der Waals surface area contributed by atoms with E-state index in [1.807, 2.05) is 27.5 Å². The largest absolute Gasteiger partial charge is 0.333 e. The molecule has 0 radical (unpaired) electrons. The molecule has 0 atom stereocenters. The lowest BCUT2D eigenvalue weighted by Gasteiger charge is -2.10. The zero-order chi connectivity index (χ0) is 25.1. The lowest BCUT2D eigenvalue weighted by atomic mass is 10.00. The van der Waals surface area contributed by atoms with Crippen molar-refractivity contribution >= 4 is 0 Å². The zero-order valence-electron chi connectivity index (χ0n) is 20.8. The van der Waals surface area contributed by atoms with Crippen molar-refractivity contribution in [3.05, 3.63) is 100.0 Å². The van der Waals surface area contributed by atoms with Gasteiger partial charge in [-0.3, -0.25) is 14.1 Å². The molecule has 3 heterocycles. The molecule has 0 aliphatic rings. The summed E-state index contributed by atoms with van der Waals surface area (Å²) in [4.78, 5) is 17.8. The maximum Gasteiger partial charge on any atom is 0.333 e. The van der Waals surface area contributed by atoms with Gasteiger partial charge in [0, 0.05) is 29.8 Å². The van der Waals surface area contributed by atoms with Crippen LogP contribution in [0.2, 0.25) is 0 Å². The van der Waals surface area contributed by atoms with Gasteiger partial charge in [0.05, 0.1) is 12.2 Å². The van der Waals surface area contributed by atoms with Crippen LogP contribution >= 0.6 is 0 Å². The molecule has 5 rings (SSSR count). The van der Waals surface area contributed by atoms with Crippen molar-refractivity contribution in [2.24, 2.45) is 0 Å². The van der Waals surface area contributed by atoms with Crippen LogP contribution in [0, 0.1) is 13.8 Å². The topological polar surface area (TPSA) is 94.3 Å². The normalized spacial score (nSPS) is 11.2. The summed E-state index contributed by atoms with van der Waals surface area (Å²) in [7, 11) is 0. The van der Waals surface area contributed by atoms with Crippen molar-refractivity contribution in [3.8, 4) is 28.2 Å². The fourth-order valence-electron chi connectivity index (χ4n) is 4.67. The molecule has 0 fully saturated rings. The molecule has 0 amide bonds. The van der Waals surface area contributed by atoms with Gasteiger partial charge in [-0.15, -0.1) is 10.2 Å². The number of hydrogen-bond acceptors (Lipinski definition) is 5. The average Bonchev–Trinajstić information content (AvgIpc) is 3.53. The SMILES string of the molecule is CCCCc1cn(-c2c(C)cccc2C)c(=O)n1Cc1ccc(-c2ccncc2-c2nn[nH]n2)cc1. The molecule has 8 nitrogen and oxygen atoms in total. The average molecular weight is 480 g/mol. The lowest BCUT2D eigenvalue weighted by molar-refractivity contribution is 0.673. The second kappa shape index (κ2) is 10.1. The first-order chi connectivity index (χ1) is 17.6. The Morgan fingerprint density at radius 1 is 0.972 bits per heavy atom. The number of unbranched alkanes of at least 4 members (excludes halogenated alkanes) is 1. The Balaban J connectivity index is 1.49. The summed E-state index contributed by atoms with van der Waals surface area (Å²) in [5, 5.41) is 14.4.